The van der Waals surface area contributed by atoms with E-state index in [2.05, 4.69) is 5.32 Å². The third-order valence-electron chi connectivity index (χ3n) is 6.28. The molecule has 1 fully saturated rings. The van der Waals surface area contributed by atoms with E-state index in [0.717, 1.165) is 5.56 Å². The fraction of sp³-hybridized carbons (Fsp3) is 0.458. The van der Waals surface area contributed by atoms with Gasteiger partial charge in [-0.1, -0.05) is 12.1 Å². The minimum absolute atomic E-state index is 0.0255. The number of nitrogens with zero attached hydrogens (tertiary/aromatic N) is 1. The molecule has 172 valence electrons. The van der Waals surface area contributed by atoms with Crippen molar-refractivity contribution in [2.75, 3.05) is 38.8 Å². The average molecular weight is 445 g/mol. The number of nitrogens with one attached hydrogen (secondary N) is 1. The lowest BCUT2D eigenvalue weighted by Gasteiger charge is -2.39. The molecule has 2 aliphatic heterocycles. The Kier molecular flexibility index (Phi) is 6.64. The highest BCUT2D eigenvalue weighted by Gasteiger charge is 2.40. The molecule has 2 aliphatic rings. The molecule has 0 spiro atoms. The van der Waals surface area contributed by atoms with Crippen molar-refractivity contribution in [3.8, 4) is 11.5 Å². The molecule has 0 aliphatic carbocycles. The Balaban J connectivity index is 1.59. The Bertz CT molecular complexity index is 968. The third kappa shape index (κ3) is 4.44. The molecule has 2 N–H and O–H groups in total. The van der Waals surface area contributed by atoms with Gasteiger partial charge in [0.25, 0.3) is 0 Å². The highest BCUT2D eigenvalue weighted by atomic mass is 19.1. The number of benzene rings is 2. The maximum absolute atomic E-state index is 14.9. The number of methoxy groups -OCH3 is 2. The van der Waals surface area contributed by atoms with Crippen molar-refractivity contribution < 1.29 is 28.5 Å². The van der Waals surface area contributed by atoms with E-state index in [1.807, 2.05) is 24.3 Å². The second-order valence-electron chi connectivity index (χ2n) is 8.27. The zero-order valence-electron chi connectivity index (χ0n) is 18.4. The molecule has 4 rings (SSSR count). The molecule has 8 heteroatoms. The first-order chi connectivity index (χ1) is 15.4. The highest BCUT2D eigenvalue weighted by Crippen LogP contribution is 2.38. The van der Waals surface area contributed by atoms with Gasteiger partial charge in [0, 0.05) is 25.6 Å². The van der Waals surface area contributed by atoms with Gasteiger partial charge in [0.2, 0.25) is 5.91 Å². The molecule has 2 aromatic rings. The molecular weight excluding hydrogens is 415 g/mol. The Morgan fingerprint density at radius 2 is 1.97 bits per heavy atom. The van der Waals surface area contributed by atoms with Crippen molar-refractivity contribution in [1.82, 2.24) is 5.32 Å². The number of aliphatic hydroxyl groups is 1. The molecule has 2 unspecified atom stereocenters. The number of hydrogen-bond donors (Lipinski definition) is 2. The Morgan fingerprint density at radius 1 is 1.19 bits per heavy atom. The maximum Gasteiger partial charge on any atom is 0.227 e. The molecule has 1 amide bonds. The SMILES string of the molecule is COc1ccc(CN2C(=O)CCc3c(OCC4(O)CCNCC4OC)ccc(F)c32)cc1. The molecule has 0 saturated carbocycles. The normalized spacial score (nSPS) is 23.1. The van der Waals surface area contributed by atoms with Crippen molar-refractivity contribution in [2.24, 2.45) is 0 Å². The number of ether oxygens (including phenoxy) is 3. The van der Waals surface area contributed by atoms with Gasteiger partial charge in [-0.2, -0.15) is 0 Å². The van der Waals surface area contributed by atoms with E-state index < -0.39 is 17.5 Å². The summed E-state index contributed by atoms with van der Waals surface area (Å²) in [5, 5.41) is 14.2. The van der Waals surface area contributed by atoms with E-state index in [-0.39, 0.29) is 31.2 Å². The molecule has 2 aromatic carbocycles. The summed E-state index contributed by atoms with van der Waals surface area (Å²) in [7, 11) is 3.15. The minimum atomic E-state index is -1.14. The van der Waals surface area contributed by atoms with Gasteiger partial charge in [-0.05, 0) is 49.2 Å². The van der Waals surface area contributed by atoms with Crippen LogP contribution < -0.4 is 19.7 Å². The van der Waals surface area contributed by atoms with Crippen LogP contribution in [0, 0.1) is 5.82 Å². The second-order valence-corrected chi connectivity index (χ2v) is 8.27. The molecule has 2 atom stereocenters. The second kappa shape index (κ2) is 9.44. The quantitative estimate of drug-likeness (QED) is 0.683. The number of carbonyl (C=O) groups is 1. The summed E-state index contributed by atoms with van der Waals surface area (Å²) in [5.74, 6) is 0.590. The predicted molar refractivity (Wildman–Crippen MR) is 118 cm³/mol. The Labute approximate surface area is 187 Å². The number of hydrogen-bond acceptors (Lipinski definition) is 6. The summed E-state index contributed by atoms with van der Waals surface area (Å²) < 4.78 is 31.6. The van der Waals surface area contributed by atoms with Crippen LogP contribution in [0.2, 0.25) is 0 Å². The zero-order valence-corrected chi connectivity index (χ0v) is 18.4. The first kappa shape index (κ1) is 22.5. The number of halogens is 1. The lowest BCUT2D eigenvalue weighted by atomic mass is 9.90. The molecule has 7 nitrogen and oxygen atoms in total. The predicted octanol–water partition coefficient (Wildman–Crippen LogP) is 2.43. The summed E-state index contributed by atoms with van der Waals surface area (Å²) in [4.78, 5) is 14.2. The van der Waals surface area contributed by atoms with Gasteiger partial charge in [0.1, 0.15) is 35.6 Å². The summed E-state index contributed by atoms with van der Waals surface area (Å²) >= 11 is 0. The van der Waals surface area contributed by atoms with Gasteiger partial charge in [-0.15, -0.1) is 0 Å². The van der Waals surface area contributed by atoms with Gasteiger partial charge >= 0.3 is 0 Å². The van der Waals surface area contributed by atoms with Crippen LogP contribution >= 0.6 is 0 Å². The molecule has 0 radical (unpaired) electrons. The monoisotopic (exact) mass is 444 g/mol. The number of fused-ring (bicyclic) bond motifs is 1. The maximum atomic E-state index is 14.9. The van der Waals surface area contributed by atoms with Crippen LogP contribution in [-0.2, 0) is 22.5 Å². The van der Waals surface area contributed by atoms with Crippen molar-refractivity contribution in [1.29, 1.82) is 0 Å². The van der Waals surface area contributed by atoms with Crippen LogP contribution in [0.5, 0.6) is 11.5 Å². The van der Waals surface area contributed by atoms with Crippen molar-refractivity contribution in [3.05, 3.63) is 53.3 Å². The number of rotatable bonds is 7. The smallest absolute Gasteiger partial charge is 0.227 e. The lowest BCUT2D eigenvalue weighted by Crippen LogP contribution is -2.58. The summed E-state index contributed by atoms with van der Waals surface area (Å²) in [6.45, 7) is 1.46. The standard InChI is InChI=1S/C24H29FN2O5/c1-30-17-5-3-16(4-6-17)14-27-22(28)10-7-18-20(9-8-19(25)23(18)27)32-15-24(29)11-12-26-13-21(24)31-2/h3-6,8-9,21,26,29H,7,10-15H2,1-2H3. The average Bonchev–Trinajstić information content (AvgIpc) is 2.81. The largest absolute Gasteiger partial charge is 0.497 e. The van der Waals surface area contributed by atoms with E-state index in [1.165, 1.54) is 11.0 Å². The lowest BCUT2D eigenvalue weighted by molar-refractivity contribution is -0.128. The highest BCUT2D eigenvalue weighted by molar-refractivity contribution is 5.97. The van der Waals surface area contributed by atoms with Crippen LogP contribution in [0.4, 0.5) is 10.1 Å². The molecule has 0 aromatic heterocycles. The molecular formula is C24H29FN2O5. The van der Waals surface area contributed by atoms with E-state index in [1.54, 1.807) is 20.3 Å². The van der Waals surface area contributed by atoms with Crippen LogP contribution in [0.1, 0.15) is 24.0 Å². The fourth-order valence-electron chi connectivity index (χ4n) is 4.39. The summed E-state index contributed by atoms with van der Waals surface area (Å²) in [5.41, 5.74) is 0.610. The van der Waals surface area contributed by atoms with Gasteiger partial charge in [0.15, 0.2) is 0 Å². The van der Waals surface area contributed by atoms with Gasteiger partial charge in [0.05, 0.1) is 19.3 Å². The summed E-state index contributed by atoms with van der Waals surface area (Å²) in [6, 6.07) is 10.2. The fourth-order valence-corrected chi connectivity index (χ4v) is 4.39. The first-order valence-electron chi connectivity index (χ1n) is 10.8. The van der Waals surface area contributed by atoms with Crippen LogP contribution in [0.15, 0.2) is 36.4 Å². The van der Waals surface area contributed by atoms with Crippen LogP contribution in [-0.4, -0.2) is 56.6 Å². The molecule has 0 bridgehead atoms. The third-order valence-corrected chi connectivity index (χ3v) is 6.28. The number of carbonyl (C=O) groups excluding carboxylic acids is 1. The topological polar surface area (TPSA) is 80.3 Å². The number of amides is 1. The van der Waals surface area contributed by atoms with Gasteiger partial charge in [-0.25, -0.2) is 4.39 Å². The van der Waals surface area contributed by atoms with Crippen molar-refractivity contribution >= 4 is 11.6 Å². The number of piperidine rings is 1. The molecule has 2 heterocycles. The number of anilines is 1. The van der Waals surface area contributed by atoms with E-state index in [0.29, 0.717) is 43.0 Å². The first-order valence-corrected chi connectivity index (χ1v) is 10.8. The van der Waals surface area contributed by atoms with E-state index >= 15 is 0 Å². The van der Waals surface area contributed by atoms with Gasteiger partial charge in [-0.3, -0.25) is 4.79 Å². The van der Waals surface area contributed by atoms with E-state index in [9.17, 15) is 14.3 Å². The Morgan fingerprint density at radius 3 is 2.69 bits per heavy atom. The molecule has 1 saturated heterocycles. The Hall–Kier alpha value is -2.68. The zero-order chi connectivity index (χ0) is 22.7. The minimum Gasteiger partial charge on any atom is -0.497 e. The van der Waals surface area contributed by atoms with Crippen molar-refractivity contribution in [3.63, 3.8) is 0 Å². The molecule has 32 heavy (non-hydrogen) atoms. The van der Waals surface area contributed by atoms with Gasteiger partial charge < -0.3 is 29.5 Å². The summed E-state index contributed by atoms with van der Waals surface area (Å²) in [6.07, 6.45) is 0.726. The van der Waals surface area contributed by atoms with Crippen LogP contribution in [0.25, 0.3) is 0 Å². The van der Waals surface area contributed by atoms with E-state index in [4.69, 9.17) is 14.2 Å². The van der Waals surface area contributed by atoms with Crippen molar-refractivity contribution in [2.45, 2.75) is 37.5 Å². The van der Waals surface area contributed by atoms with Crippen LogP contribution in [0.3, 0.4) is 0 Å².